The molecule has 1 aliphatic rings. The van der Waals surface area contributed by atoms with E-state index in [4.69, 9.17) is 4.74 Å². The van der Waals surface area contributed by atoms with Gasteiger partial charge in [0.2, 0.25) is 0 Å². The van der Waals surface area contributed by atoms with Crippen molar-refractivity contribution in [2.75, 3.05) is 19.5 Å². The minimum absolute atomic E-state index is 0.0930. The first-order valence-electron chi connectivity index (χ1n) is 5.81. The van der Waals surface area contributed by atoms with Crippen molar-refractivity contribution in [1.82, 2.24) is 10.3 Å². The molecule has 1 saturated carbocycles. The number of hydrogen-bond acceptors (Lipinski definition) is 4. The number of rotatable bonds is 4. The van der Waals surface area contributed by atoms with Crippen LogP contribution >= 0.6 is 0 Å². The Morgan fingerprint density at radius 1 is 1.56 bits per heavy atom. The van der Waals surface area contributed by atoms with Gasteiger partial charge >= 0.3 is 0 Å². The van der Waals surface area contributed by atoms with Crippen LogP contribution in [-0.2, 0) is 4.74 Å². The van der Waals surface area contributed by atoms with Gasteiger partial charge < -0.3 is 15.4 Å². The number of nitrogens with zero attached hydrogens (tertiary/aromatic N) is 1. The van der Waals surface area contributed by atoms with Crippen molar-refractivity contribution in [2.24, 2.45) is 0 Å². The second-order valence-electron chi connectivity index (χ2n) is 4.30. The Morgan fingerprint density at radius 3 is 2.89 bits per heavy atom. The van der Waals surface area contributed by atoms with E-state index in [0.717, 1.165) is 19.0 Å². The summed E-state index contributed by atoms with van der Waals surface area (Å²) in [7, 11) is 3.29. The van der Waals surface area contributed by atoms with Gasteiger partial charge in [-0.25, -0.2) is 9.37 Å². The fraction of sp³-hybridized carbons (Fsp3) is 0.500. The van der Waals surface area contributed by atoms with Crippen molar-refractivity contribution in [3.8, 4) is 0 Å². The molecule has 1 aliphatic carbocycles. The first kappa shape index (κ1) is 12.8. The minimum atomic E-state index is -0.525. The number of hydrogen-bond donors (Lipinski definition) is 2. The van der Waals surface area contributed by atoms with Crippen LogP contribution in [0.4, 0.5) is 10.2 Å². The zero-order valence-corrected chi connectivity index (χ0v) is 10.4. The Morgan fingerprint density at radius 2 is 2.28 bits per heavy atom. The predicted octanol–water partition coefficient (Wildman–Crippen LogP) is 1.17. The molecule has 1 aromatic rings. The highest BCUT2D eigenvalue weighted by Gasteiger charge is 2.30. The van der Waals surface area contributed by atoms with Gasteiger partial charge in [-0.05, 0) is 18.9 Å². The number of anilines is 1. The van der Waals surface area contributed by atoms with Crippen LogP contribution in [0.25, 0.3) is 0 Å². The molecule has 18 heavy (non-hydrogen) atoms. The predicted molar refractivity (Wildman–Crippen MR) is 65.0 cm³/mol. The number of nitrogens with one attached hydrogen (secondary N) is 2. The van der Waals surface area contributed by atoms with Gasteiger partial charge in [0.1, 0.15) is 11.6 Å². The Hall–Kier alpha value is -1.69. The number of amides is 1. The molecule has 0 aliphatic heterocycles. The SMILES string of the molecule is CNc1ncc(F)cc1C(=O)NC1CC(OC)C1. The highest BCUT2D eigenvalue weighted by Crippen LogP contribution is 2.23. The summed E-state index contributed by atoms with van der Waals surface area (Å²) in [6, 6.07) is 1.27. The van der Waals surface area contributed by atoms with Crippen LogP contribution in [0.3, 0.4) is 0 Å². The molecular weight excluding hydrogens is 237 g/mol. The molecular formula is C12H16FN3O2. The molecule has 0 bridgehead atoms. The van der Waals surface area contributed by atoms with Crippen molar-refractivity contribution in [1.29, 1.82) is 0 Å². The fourth-order valence-electron chi connectivity index (χ4n) is 1.95. The lowest BCUT2D eigenvalue weighted by atomic mass is 9.89. The van der Waals surface area contributed by atoms with Gasteiger partial charge in [0.15, 0.2) is 0 Å². The van der Waals surface area contributed by atoms with E-state index in [9.17, 15) is 9.18 Å². The Labute approximate surface area is 105 Å². The Balaban J connectivity index is 2.02. The van der Waals surface area contributed by atoms with E-state index >= 15 is 0 Å². The number of methoxy groups -OCH3 is 1. The van der Waals surface area contributed by atoms with Crippen molar-refractivity contribution in [3.63, 3.8) is 0 Å². The average molecular weight is 253 g/mol. The number of ether oxygens (including phenoxy) is 1. The third kappa shape index (κ3) is 2.59. The number of pyridine rings is 1. The molecule has 0 radical (unpaired) electrons. The second-order valence-corrected chi connectivity index (χ2v) is 4.30. The monoisotopic (exact) mass is 253 g/mol. The molecule has 6 heteroatoms. The van der Waals surface area contributed by atoms with E-state index in [2.05, 4.69) is 15.6 Å². The summed E-state index contributed by atoms with van der Waals surface area (Å²) in [5, 5.41) is 5.60. The molecule has 0 unspecified atom stereocenters. The zero-order chi connectivity index (χ0) is 13.1. The van der Waals surface area contributed by atoms with E-state index in [-0.39, 0.29) is 23.6 Å². The maximum Gasteiger partial charge on any atom is 0.255 e. The molecule has 1 heterocycles. The van der Waals surface area contributed by atoms with Gasteiger partial charge in [0.25, 0.3) is 5.91 Å². The summed E-state index contributed by atoms with van der Waals surface area (Å²) in [4.78, 5) is 15.8. The topological polar surface area (TPSA) is 63.2 Å². The van der Waals surface area contributed by atoms with Crippen molar-refractivity contribution >= 4 is 11.7 Å². The molecule has 2 rings (SSSR count). The number of carbonyl (C=O) groups is 1. The van der Waals surface area contributed by atoms with Crippen molar-refractivity contribution in [2.45, 2.75) is 25.0 Å². The van der Waals surface area contributed by atoms with Gasteiger partial charge in [-0.1, -0.05) is 0 Å². The molecule has 1 aromatic heterocycles. The van der Waals surface area contributed by atoms with Crippen molar-refractivity contribution < 1.29 is 13.9 Å². The van der Waals surface area contributed by atoms with Crippen LogP contribution in [-0.4, -0.2) is 37.2 Å². The molecule has 0 atom stereocenters. The summed E-state index contributed by atoms with van der Waals surface area (Å²) in [6.07, 6.45) is 2.87. The number of carbonyl (C=O) groups excluding carboxylic acids is 1. The molecule has 1 fully saturated rings. The van der Waals surface area contributed by atoms with Crippen LogP contribution < -0.4 is 10.6 Å². The molecule has 0 spiro atoms. The van der Waals surface area contributed by atoms with Crippen LogP contribution in [0.5, 0.6) is 0 Å². The van der Waals surface area contributed by atoms with Crippen LogP contribution in [0.2, 0.25) is 0 Å². The normalized spacial score (nSPS) is 22.2. The van der Waals surface area contributed by atoms with Crippen molar-refractivity contribution in [3.05, 3.63) is 23.6 Å². The summed E-state index contributed by atoms with van der Waals surface area (Å²) in [5.41, 5.74) is 0.221. The summed E-state index contributed by atoms with van der Waals surface area (Å²) in [6.45, 7) is 0. The van der Waals surface area contributed by atoms with E-state index in [0.29, 0.717) is 5.82 Å². The number of aromatic nitrogens is 1. The molecule has 98 valence electrons. The smallest absolute Gasteiger partial charge is 0.255 e. The number of halogens is 1. The summed E-state index contributed by atoms with van der Waals surface area (Å²) < 4.78 is 18.2. The maximum absolute atomic E-state index is 13.1. The second kappa shape index (κ2) is 5.30. The quantitative estimate of drug-likeness (QED) is 0.845. The van der Waals surface area contributed by atoms with E-state index < -0.39 is 5.82 Å². The molecule has 0 saturated heterocycles. The average Bonchev–Trinajstić information content (AvgIpc) is 2.32. The maximum atomic E-state index is 13.1. The first-order chi connectivity index (χ1) is 8.63. The summed E-state index contributed by atoms with van der Waals surface area (Å²) >= 11 is 0. The Kier molecular flexibility index (Phi) is 3.76. The van der Waals surface area contributed by atoms with Crippen LogP contribution in [0.1, 0.15) is 23.2 Å². The fourth-order valence-corrected chi connectivity index (χ4v) is 1.95. The highest BCUT2D eigenvalue weighted by atomic mass is 19.1. The van der Waals surface area contributed by atoms with Gasteiger partial charge in [0.05, 0.1) is 17.9 Å². The van der Waals surface area contributed by atoms with Crippen LogP contribution in [0, 0.1) is 5.82 Å². The van der Waals surface area contributed by atoms with Gasteiger partial charge in [-0.2, -0.15) is 0 Å². The lowest BCUT2D eigenvalue weighted by Gasteiger charge is -2.34. The lowest BCUT2D eigenvalue weighted by molar-refractivity contribution is 0.0176. The highest BCUT2D eigenvalue weighted by molar-refractivity contribution is 5.98. The van der Waals surface area contributed by atoms with Crippen LogP contribution in [0.15, 0.2) is 12.3 Å². The molecule has 0 aromatic carbocycles. The zero-order valence-electron chi connectivity index (χ0n) is 10.4. The molecule has 2 N–H and O–H groups in total. The van der Waals surface area contributed by atoms with E-state index in [1.807, 2.05) is 0 Å². The lowest BCUT2D eigenvalue weighted by Crippen LogP contribution is -2.47. The van der Waals surface area contributed by atoms with E-state index in [1.54, 1.807) is 14.2 Å². The van der Waals surface area contributed by atoms with E-state index in [1.165, 1.54) is 6.07 Å². The minimum Gasteiger partial charge on any atom is -0.381 e. The Bertz CT molecular complexity index is 447. The van der Waals surface area contributed by atoms with Gasteiger partial charge in [-0.15, -0.1) is 0 Å². The molecule has 1 amide bonds. The van der Waals surface area contributed by atoms with Gasteiger partial charge in [0, 0.05) is 20.2 Å². The third-order valence-electron chi connectivity index (χ3n) is 3.10. The summed E-state index contributed by atoms with van der Waals surface area (Å²) in [5.74, 6) is -0.468. The largest absolute Gasteiger partial charge is 0.381 e. The standard InChI is InChI=1S/C12H16FN3O2/c1-14-11-10(3-7(13)6-15-11)12(17)16-8-4-9(5-8)18-2/h3,6,8-9H,4-5H2,1-2H3,(H,14,15)(H,16,17). The third-order valence-corrected chi connectivity index (χ3v) is 3.10. The molecule has 5 nitrogen and oxygen atoms in total. The first-order valence-corrected chi connectivity index (χ1v) is 5.81. The van der Waals surface area contributed by atoms with Gasteiger partial charge in [-0.3, -0.25) is 4.79 Å².